The Bertz CT molecular complexity index is 1820. The van der Waals surface area contributed by atoms with E-state index in [2.05, 4.69) is 34.6 Å². The minimum absolute atomic E-state index is 0.0118. The molecule has 0 radical (unpaired) electrons. The van der Waals surface area contributed by atoms with Gasteiger partial charge in [0.2, 0.25) is 0 Å². The maximum atomic E-state index is 14.2. The average molecular weight is 680 g/mol. The largest absolute Gasteiger partial charge is 0.481 e. The van der Waals surface area contributed by atoms with Crippen LogP contribution >= 0.6 is 0 Å². The number of H-pyrrole nitrogens is 1. The van der Waals surface area contributed by atoms with E-state index in [1.807, 2.05) is 13.1 Å². The van der Waals surface area contributed by atoms with Crippen molar-refractivity contribution in [3.8, 4) is 22.8 Å². The molecule has 3 fully saturated rings. The van der Waals surface area contributed by atoms with Gasteiger partial charge in [-0.2, -0.15) is 13.2 Å². The first-order valence-electron chi connectivity index (χ1n) is 16.7. The highest BCUT2D eigenvalue weighted by molar-refractivity contribution is 5.91. The molecule has 1 aliphatic heterocycles. The number of imidazole rings is 1. The van der Waals surface area contributed by atoms with Gasteiger partial charge in [0.15, 0.2) is 11.5 Å². The minimum atomic E-state index is -4.53. The van der Waals surface area contributed by atoms with Crippen LogP contribution in [-0.4, -0.2) is 106 Å². The molecule has 0 bridgehead atoms. The zero-order chi connectivity index (χ0) is 34.3. The molecule has 0 aromatic carbocycles. The molecule has 4 aromatic heterocycles. The second kappa shape index (κ2) is 13.2. The summed E-state index contributed by atoms with van der Waals surface area (Å²) < 4.78 is 48.1. The van der Waals surface area contributed by atoms with Gasteiger partial charge < -0.3 is 24.6 Å². The second-order valence-electron chi connectivity index (χ2n) is 13.6. The fraction of sp³-hybridized carbons (Fsp3) is 0.529. The molecule has 2 N–H and O–H groups in total. The summed E-state index contributed by atoms with van der Waals surface area (Å²) in [6, 6.07) is 2.98. The zero-order valence-corrected chi connectivity index (χ0v) is 27.6. The monoisotopic (exact) mass is 679 g/mol. The van der Waals surface area contributed by atoms with Crippen molar-refractivity contribution in [2.45, 2.75) is 50.6 Å². The minimum Gasteiger partial charge on any atom is -0.481 e. The Morgan fingerprint density at radius 3 is 2.45 bits per heavy atom. The number of methoxy groups -OCH3 is 1. The molecule has 1 saturated heterocycles. The normalized spacial score (nSPS) is 18.1. The van der Waals surface area contributed by atoms with Crippen LogP contribution in [0.2, 0.25) is 0 Å². The summed E-state index contributed by atoms with van der Waals surface area (Å²) >= 11 is 0. The summed E-state index contributed by atoms with van der Waals surface area (Å²) in [5.74, 6) is 0.200. The molecule has 49 heavy (non-hydrogen) atoms. The predicted molar refractivity (Wildman–Crippen MR) is 177 cm³/mol. The van der Waals surface area contributed by atoms with Crippen molar-refractivity contribution in [2.24, 2.45) is 5.41 Å². The third-order valence-corrected chi connectivity index (χ3v) is 9.99. The number of aromatic amines is 1. The molecule has 0 unspecified atom stereocenters. The topological polar surface area (TPSA) is 136 Å². The van der Waals surface area contributed by atoms with E-state index in [4.69, 9.17) is 19.8 Å². The van der Waals surface area contributed by atoms with Crippen LogP contribution in [0, 0.1) is 5.41 Å². The first kappa shape index (κ1) is 33.1. The summed E-state index contributed by atoms with van der Waals surface area (Å²) in [6.07, 6.45) is 5.02. The lowest BCUT2D eigenvalue weighted by molar-refractivity contribution is -0.139. The number of nitrogens with zero attached hydrogens (tertiary/aromatic N) is 8. The Kier molecular flexibility index (Phi) is 8.90. The molecule has 2 saturated carbocycles. The quantitative estimate of drug-likeness (QED) is 0.204. The van der Waals surface area contributed by atoms with E-state index in [0.29, 0.717) is 79.8 Å². The lowest BCUT2D eigenvalue weighted by atomic mass is 9.69. The summed E-state index contributed by atoms with van der Waals surface area (Å²) in [6.45, 7) is 4.71. The molecule has 15 heteroatoms. The third kappa shape index (κ3) is 7.04. The Morgan fingerprint density at radius 2 is 1.84 bits per heavy atom. The smallest absolute Gasteiger partial charge is 0.418 e. The van der Waals surface area contributed by atoms with Gasteiger partial charge in [-0.3, -0.25) is 14.7 Å². The van der Waals surface area contributed by atoms with Crippen molar-refractivity contribution in [2.75, 3.05) is 69.8 Å². The third-order valence-electron chi connectivity index (χ3n) is 9.99. The number of hydrogen-bond acceptors (Lipinski definition) is 10. The highest BCUT2D eigenvalue weighted by atomic mass is 19.4. The van der Waals surface area contributed by atoms with Crippen molar-refractivity contribution in [1.29, 1.82) is 0 Å². The molecule has 260 valence electrons. The number of nitrogens with one attached hydrogen (secondary N) is 1. The van der Waals surface area contributed by atoms with E-state index in [1.54, 1.807) is 19.5 Å². The SMILES string of the molecule is COCC1(CN(C)c2cc(-c3cnc(C4CC4)c(C(F)(F)F)c3)nc3nc(-c4cnc(N5CCN(CCC(=O)O)CC5)cn4)[nH]c23)CCC1. The van der Waals surface area contributed by atoms with Gasteiger partial charge in [-0.05, 0) is 37.8 Å². The number of hydrogen-bond donors (Lipinski definition) is 2. The molecule has 3 aliphatic rings. The molecular formula is C34H40F3N9O3. The van der Waals surface area contributed by atoms with Gasteiger partial charge in [-0.15, -0.1) is 0 Å². The number of rotatable bonds is 12. The Labute approximate surface area is 281 Å². The van der Waals surface area contributed by atoms with Gasteiger partial charge in [0.1, 0.15) is 17.0 Å². The fourth-order valence-electron chi connectivity index (χ4n) is 7.05. The molecule has 0 atom stereocenters. The van der Waals surface area contributed by atoms with Gasteiger partial charge >= 0.3 is 12.1 Å². The van der Waals surface area contributed by atoms with Crippen molar-refractivity contribution in [3.05, 3.63) is 42.0 Å². The number of halogens is 3. The molecule has 5 heterocycles. The van der Waals surface area contributed by atoms with Crippen LogP contribution < -0.4 is 9.80 Å². The molecule has 12 nitrogen and oxygen atoms in total. The Hall–Kier alpha value is -4.37. The molecule has 7 rings (SSSR count). The molecule has 0 amide bonds. The fourth-order valence-corrected chi connectivity index (χ4v) is 7.05. The zero-order valence-electron chi connectivity index (χ0n) is 27.6. The Balaban J connectivity index is 1.20. The van der Waals surface area contributed by atoms with E-state index in [9.17, 15) is 18.0 Å². The standard InChI is InChI=1S/C34H40F3N9O3/c1-44(19-33(20-49-2)7-3-8-33)26-15-24(22-14-23(34(35,36)37)29(40-16-22)21-4-5-21)41-32-30(26)42-31(43-32)25-17-39-27(18-38-25)46-12-10-45(11-13-46)9-6-28(47)48/h14-18,21H,3-13,19-20H2,1-2H3,(H,47,48)(H,41,42,43). The van der Waals surface area contributed by atoms with E-state index in [-0.39, 0.29) is 29.0 Å². The lowest BCUT2D eigenvalue weighted by Gasteiger charge is -2.44. The number of ether oxygens (including phenoxy) is 1. The first-order chi connectivity index (χ1) is 23.5. The number of carbonyl (C=O) groups is 1. The number of aromatic nitrogens is 6. The molecule has 0 spiro atoms. The maximum absolute atomic E-state index is 14.2. The van der Waals surface area contributed by atoms with E-state index < -0.39 is 17.7 Å². The van der Waals surface area contributed by atoms with Gasteiger partial charge in [0, 0.05) is 76.5 Å². The number of carboxylic acid groups (broad SMARTS) is 1. The second-order valence-corrected chi connectivity index (χ2v) is 13.6. The lowest BCUT2D eigenvalue weighted by Crippen LogP contribution is -2.47. The first-order valence-corrected chi connectivity index (χ1v) is 16.7. The summed E-state index contributed by atoms with van der Waals surface area (Å²) in [5, 5.41) is 8.98. The van der Waals surface area contributed by atoms with Crippen LogP contribution in [0.3, 0.4) is 0 Å². The number of carboxylic acids is 1. The summed E-state index contributed by atoms with van der Waals surface area (Å²) in [5.41, 5.74) is 2.27. The van der Waals surface area contributed by atoms with Gasteiger partial charge in [-0.1, -0.05) is 6.42 Å². The van der Waals surface area contributed by atoms with Crippen LogP contribution in [0.25, 0.3) is 33.9 Å². The summed E-state index contributed by atoms with van der Waals surface area (Å²) in [4.78, 5) is 43.7. The van der Waals surface area contributed by atoms with Crippen LogP contribution in [0.15, 0.2) is 30.7 Å². The Morgan fingerprint density at radius 1 is 1.06 bits per heavy atom. The van der Waals surface area contributed by atoms with E-state index >= 15 is 0 Å². The predicted octanol–water partition coefficient (Wildman–Crippen LogP) is 5.22. The molecular weight excluding hydrogens is 639 g/mol. The van der Waals surface area contributed by atoms with Crippen LogP contribution in [0.5, 0.6) is 0 Å². The number of aliphatic carboxylic acids is 1. The van der Waals surface area contributed by atoms with E-state index in [0.717, 1.165) is 38.0 Å². The van der Waals surface area contributed by atoms with Crippen LogP contribution in [0.1, 0.15) is 55.7 Å². The van der Waals surface area contributed by atoms with Crippen LogP contribution in [0.4, 0.5) is 24.7 Å². The highest BCUT2D eigenvalue weighted by Crippen LogP contribution is 2.46. The average Bonchev–Trinajstić information content (AvgIpc) is 3.83. The van der Waals surface area contributed by atoms with Gasteiger partial charge in [0.05, 0.1) is 48.1 Å². The highest BCUT2D eigenvalue weighted by Gasteiger charge is 2.40. The number of alkyl halides is 3. The number of pyridine rings is 2. The van der Waals surface area contributed by atoms with Crippen molar-refractivity contribution in [3.63, 3.8) is 0 Å². The number of piperazine rings is 1. The number of fused-ring (bicyclic) bond motifs is 1. The van der Waals surface area contributed by atoms with Crippen molar-refractivity contribution < 1.29 is 27.8 Å². The van der Waals surface area contributed by atoms with Crippen LogP contribution in [-0.2, 0) is 15.7 Å². The summed E-state index contributed by atoms with van der Waals surface area (Å²) in [7, 11) is 3.68. The molecule has 2 aliphatic carbocycles. The van der Waals surface area contributed by atoms with Crippen molar-refractivity contribution in [1.82, 2.24) is 34.8 Å². The molecule has 4 aromatic rings. The van der Waals surface area contributed by atoms with Crippen molar-refractivity contribution >= 4 is 28.6 Å². The van der Waals surface area contributed by atoms with Gasteiger partial charge in [-0.25, -0.2) is 19.9 Å². The van der Waals surface area contributed by atoms with E-state index in [1.165, 1.54) is 12.3 Å². The van der Waals surface area contributed by atoms with Gasteiger partial charge in [0.25, 0.3) is 0 Å². The number of anilines is 2. The maximum Gasteiger partial charge on any atom is 0.418 e.